The molecule has 1 aromatic carbocycles. The van der Waals surface area contributed by atoms with Gasteiger partial charge in [0.05, 0.1) is 0 Å². The van der Waals surface area contributed by atoms with E-state index < -0.39 is 11.6 Å². The molecule has 1 atom stereocenters. The van der Waals surface area contributed by atoms with Gasteiger partial charge in [0.2, 0.25) is 0 Å². The van der Waals surface area contributed by atoms with Crippen molar-refractivity contribution in [3.8, 4) is 0 Å². The molecule has 1 N–H and O–H groups in total. The fourth-order valence-electron chi connectivity index (χ4n) is 2.16. The van der Waals surface area contributed by atoms with E-state index in [0.717, 1.165) is 38.2 Å². The van der Waals surface area contributed by atoms with Gasteiger partial charge in [0, 0.05) is 12.1 Å². The number of rotatable bonds is 9. The van der Waals surface area contributed by atoms with E-state index in [0.29, 0.717) is 12.0 Å². The summed E-state index contributed by atoms with van der Waals surface area (Å²) in [4.78, 5) is 0. The highest BCUT2D eigenvalue weighted by atomic mass is 19.1. The highest BCUT2D eigenvalue weighted by Crippen LogP contribution is 2.15. The molecule has 0 saturated heterocycles. The minimum Gasteiger partial charge on any atom is -0.317 e. The molecule has 106 valence electrons. The normalized spacial score (nSPS) is 12.4. The van der Waals surface area contributed by atoms with Gasteiger partial charge in [-0.15, -0.1) is 6.58 Å². The van der Waals surface area contributed by atoms with Crippen molar-refractivity contribution in [3.05, 3.63) is 48.1 Å². The Bertz CT molecular complexity index is 390. The molecule has 0 aliphatic rings. The quantitative estimate of drug-likeness (QED) is 0.521. The zero-order valence-corrected chi connectivity index (χ0v) is 11.6. The molecule has 0 amide bonds. The molecule has 0 heterocycles. The second-order valence-corrected chi connectivity index (χ2v) is 4.85. The Balaban J connectivity index is 2.40. The first-order valence-electron chi connectivity index (χ1n) is 6.89. The van der Waals surface area contributed by atoms with E-state index in [1.165, 1.54) is 12.1 Å². The molecule has 0 aromatic heterocycles. The number of hydrogen-bond acceptors (Lipinski definition) is 1. The Labute approximate surface area is 114 Å². The lowest BCUT2D eigenvalue weighted by Crippen LogP contribution is -2.27. The highest BCUT2D eigenvalue weighted by molar-refractivity contribution is 5.19. The number of benzene rings is 1. The van der Waals surface area contributed by atoms with E-state index in [-0.39, 0.29) is 6.04 Å². The minimum atomic E-state index is -0.522. The van der Waals surface area contributed by atoms with Crippen LogP contribution in [0.1, 0.15) is 37.7 Å². The topological polar surface area (TPSA) is 12.0 Å². The largest absolute Gasteiger partial charge is 0.317 e. The molecule has 0 aliphatic heterocycles. The van der Waals surface area contributed by atoms with Crippen LogP contribution in [0.2, 0.25) is 0 Å². The van der Waals surface area contributed by atoms with Crippen LogP contribution in [-0.4, -0.2) is 13.1 Å². The average Bonchev–Trinajstić information content (AvgIpc) is 2.39. The third-order valence-electron chi connectivity index (χ3n) is 3.35. The molecule has 19 heavy (non-hydrogen) atoms. The molecule has 0 bridgehead atoms. The summed E-state index contributed by atoms with van der Waals surface area (Å²) in [5, 5.41) is 3.20. The predicted molar refractivity (Wildman–Crippen MR) is 76.2 cm³/mol. The highest BCUT2D eigenvalue weighted by Gasteiger charge is 2.11. The fraction of sp³-hybridized carbons (Fsp3) is 0.500. The molecule has 0 fully saturated rings. The SMILES string of the molecule is C=CCCCCCC(Cc1ccc(F)cc1F)NC. The second-order valence-electron chi connectivity index (χ2n) is 4.85. The first-order chi connectivity index (χ1) is 9.17. The van der Waals surface area contributed by atoms with Gasteiger partial charge in [0.25, 0.3) is 0 Å². The van der Waals surface area contributed by atoms with Gasteiger partial charge >= 0.3 is 0 Å². The van der Waals surface area contributed by atoms with Gasteiger partial charge in [0.1, 0.15) is 11.6 Å². The molecule has 1 aromatic rings. The Hall–Kier alpha value is -1.22. The number of likely N-dealkylation sites (N-methyl/N-ethyl adjacent to an activating group) is 1. The van der Waals surface area contributed by atoms with Crippen LogP contribution in [0.25, 0.3) is 0 Å². The van der Waals surface area contributed by atoms with E-state index in [1.54, 1.807) is 0 Å². The monoisotopic (exact) mass is 267 g/mol. The Kier molecular flexibility index (Phi) is 7.34. The van der Waals surface area contributed by atoms with Crippen LogP contribution in [0.3, 0.4) is 0 Å². The summed E-state index contributed by atoms with van der Waals surface area (Å²) in [7, 11) is 1.88. The van der Waals surface area contributed by atoms with Crippen molar-refractivity contribution in [1.29, 1.82) is 0 Å². The molecular weight excluding hydrogens is 244 g/mol. The van der Waals surface area contributed by atoms with Crippen LogP contribution in [0, 0.1) is 11.6 Å². The summed E-state index contributed by atoms with van der Waals surface area (Å²) in [5.74, 6) is -0.974. The summed E-state index contributed by atoms with van der Waals surface area (Å²) in [6.45, 7) is 3.70. The van der Waals surface area contributed by atoms with E-state index >= 15 is 0 Å². The van der Waals surface area contributed by atoms with Crippen LogP contribution in [-0.2, 0) is 6.42 Å². The maximum absolute atomic E-state index is 13.6. The standard InChI is InChI=1S/C16H23F2N/c1-3-4-5-6-7-8-15(19-2)11-13-9-10-14(17)12-16(13)18/h3,9-10,12,15,19H,1,4-8,11H2,2H3. The van der Waals surface area contributed by atoms with Gasteiger partial charge in [-0.05, 0) is 44.4 Å². The number of unbranched alkanes of at least 4 members (excludes halogenated alkanes) is 3. The molecule has 0 aliphatic carbocycles. The third kappa shape index (κ3) is 5.97. The van der Waals surface area contributed by atoms with Gasteiger partial charge in [0.15, 0.2) is 0 Å². The zero-order chi connectivity index (χ0) is 14.1. The predicted octanol–water partition coefficient (Wildman–Crippen LogP) is 4.23. The molecule has 3 heteroatoms. The van der Waals surface area contributed by atoms with E-state index in [4.69, 9.17) is 0 Å². The smallest absolute Gasteiger partial charge is 0.129 e. The summed E-state index contributed by atoms with van der Waals surface area (Å²) >= 11 is 0. The fourth-order valence-corrected chi connectivity index (χ4v) is 2.16. The minimum absolute atomic E-state index is 0.240. The van der Waals surface area contributed by atoms with Crippen molar-refractivity contribution in [2.24, 2.45) is 0 Å². The number of hydrogen-bond donors (Lipinski definition) is 1. The average molecular weight is 267 g/mol. The van der Waals surface area contributed by atoms with E-state index in [9.17, 15) is 8.78 Å². The summed E-state index contributed by atoms with van der Waals surface area (Å²) in [6.07, 6.45) is 8.03. The van der Waals surface area contributed by atoms with Gasteiger partial charge in [-0.1, -0.05) is 25.0 Å². The zero-order valence-electron chi connectivity index (χ0n) is 11.6. The molecule has 0 radical (unpaired) electrons. The number of allylic oxidation sites excluding steroid dienone is 1. The molecule has 1 rings (SSSR count). The molecule has 0 saturated carbocycles. The Morgan fingerprint density at radius 1 is 1.26 bits per heavy atom. The van der Waals surface area contributed by atoms with Crippen LogP contribution < -0.4 is 5.32 Å². The van der Waals surface area contributed by atoms with Crippen molar-refractivity contribution < 1.29 is 8.78 Å². The van der Waals surface area contributed by atoms with Crippen LogP contribution in [0.15, 0.2) is 30.9 Å². The summed E-state index contributed by atoms with van der Waals surface area (Å²) in [6, 6.07) is 4.04. The van der Waals surface area contributed by atoms with Crippen molar-refractivity contribution in [1.82, 2.24) is 5.32 Å². The van der Waals surface area contributed by atoms with Crippen LogP contribution >= 0.6 is 0 Å². The molecule has 1 unspecified atom stereocenters. The lowest BCUT2D eigenvalue weighted by molar-refractivity contribution is 0.475. The third-order valence-corrected chi connectivity index (χ3v) is 3.35. The Morgan fingerprint density at radius 3 is 2.68 bits per heavy atom. The summed E-state index contributed by atoms with van der Waals surface area (Å²) in [5.41, 5.74) is 0.576. The second kappa shape index (κ2) is 8.81. The van der Waals surface area contributed by atoms with E-state index in [2.05, 4.69) is 11.9 Å². The van der Waals surface area contributed by atoms with Gasteiger partial charge in [-0.3, -0.25) is 0 Å². The molecule has 0 spiro atoms. The maximum atomic E-state index is 13.6. The van der Waals surface area contributed by atoms with Crippen LogP contribution in [0.4, 0.5) is 8.78 Å². The van der Waals surface area contributed by atoms with Gasteiger partial charge in [-0.25, -0.2) is 8.78 Å². The van der Waals surface area contributed by atoms with Gasteiger partial charge < -0.3 is 5.32 Å². The number of nitrogens with one attached hydrogen (secondary N) is 1. The number of halogens is 2. The molecular formula is C16H23F2N. The maximum Gasteiger partial charge on any atom is 0.129 e. The first kappa shape index (κ1) is 15.8. The van der Waals surface area contributed by atoms with Gasteiger partial charge in [-0.2, -0.15) is 0 Å². The van der Waals surface area contributed by atoms with Crippen molar-refractivity contribution in [2.45, 2.75) is 44.6 Å². The first-order valence-corrected chi connectivity index (χ1v) is 6.89. The molecule has 1 nitrogen and oxygen atoms in total. The lowest BCUT2D eigenvalue weighted by Gasteiger charge is -2.16. The van der Waals surface area contributed by atoms with Crippen molar-refractivity contribution >= 4 is 0 Å². The van der Waals surface area contributed by atoms with Crippen molar-refractivity contribution in [2.75, 3.05) is 7.05 Å². The van der Waals surface area contributed by atoms with E-state index in [1.807, 2.05) is 13.1 Å². The Morgan fingerprint density at radius 2 is 2.05 bits per heavy atom. The van der Waals surface area contributed by atoms with Crippen LogP contribution in [0.5, 0.6) is 0 Å². The van der Waals surface area contributed by atoms with Crippen molar-refractivity contribution in [3.63, 3.8) is 0 Å². The summed E-state index contributed by atoms with van der Waals surface area (Å²) < 4.78 is 26.4. The lowest BCUT2D eigenvalue weighted by atomic mass is 9.99.